The zero-order chi connectivity index (χ0) is 37.9. The van der Waals surface area contributed by atoms with Crippen molar-refractivity contribution in [3.05, 3.63) is 65.3 Å². The number of urea groups is 1. The number of pyridine rings is 1. The molecule has 0 unspecified atom stereocenters. The number of fused-ring (bicyclic) bond motifs is 1. The van der Waals surface area contributed by atoms with Gasteiger partial charge in [-0.05, 0) is 69.4 Å². The highest BCUT2D eigenvalue weighted by atomic mass is 35.5. The SMILES string of the molecule is N#Cc1ccc(O[C@H]2CC[C@H](NC(=O)c3cnc(N4CCC(CN5CCC(n6ncc7c(N8CCC(=O)NC8=O)cncc76)CC5)CC4)nc3)CC2)cc1Cl. The second kappa shape index (κ2) is 16.2. The Morgan fingerprint density at radius 2 is 1.71 bits per heavy atom. The van der Waals surface area contributed by atoms with Gasteiger partial charge in [0.1, 0.15) is 11.8 Å². The molecule has 4 aliphatic rings. The molecule has 0 spiro atoms. The Bertz CT molecular complexity index is 2080. The minimum absolute atomic E-state index is 0.0342. The zero-order valence-corrected chi connectivity index (χ0v) is 31.3. The Morgan fingerprint density at radius 3 is 2.42 bits per heavy atom. The summed E-state index contributed by atoms with van der Waals surface area (Å²) >= 11 is 6.15. The van der Waals surface area contributed by atoms with E-state index in [-0.39, 0.29) is 36.4 Å². The van der Waals surface area contributed by atoms with Crippen molar-refractivity contribution >= 4 is 52.0 Å². The van der Waals surface area contributed by atoms with Crippen LogP contribution in [0.4, 0.5) is 16.4 Å². The number of halogens is 1. The number of aromatic nitrogens is 5. The van der Waals surface area contributed by atoms with E-state index in [1.54, 1.807) is 41.7 Å². The summed E-state index contributed by atoms with van der Waals surface area (Å²) < 4.78 is 8.14. The van der Waals surface area contributed by atoms with Crippen LogP contribution in [-0.4, -0.2) is 98.9 Å². The summed E-state index contributed by atoms with van der Waals surface area (Å²) in [6.45, 7) is 5.13. The number of likely N-dealkylation sites (tertiary alicyclic amines) is 1. The number of rotatable bonds is 9. The van der Waals surface area contributed by atoms with Gasteiger partial charge in [-0.1, -0.05) is 11.6 Å². The number of hydrogen-bond donors (Lipinski definition) is 2. The van der Waals surface area contributed by atoms with E-state index in [1.807, 2.05) is 12.4 Å². The van der Waals surface area contributed by atoms with E-state index in [0.717, 1.165) is 95.0 Å². The molecule has 6 heterocycles. The standard InChI is InChI=1S/C39H44ClN11O4/c40-33-17-31(4-1-26(33)18-41)55-30-5-2-28(3-6-30)46-37(53)27-19-43-38(44-20-27)49-14-7-25(8-15-49)24-48-12-9-29(10-13-48)51-35-23-42-22-34(32(35)21-45-51)50-16-11-36(52)47-39(50)54/h1,4,17,19-23,25,28-30H,2-3,5-16,24H2,(H,46,53)(H,47,52,54)/t28-,30-. The second-order valence-electron chi connectivity index (χ2n) is 15.0. The van der Waals surface area contributed by atoms with E-state index in [0.29, 0.717) is 46.0 Å². The van der Waals surface area contributed by atoms with Gasteiger partial charge in [-0.15, -0.1) is 0 Å². The van der Waals surface area contributed by atoms with Gasteiger partial charge in [0.05, 0.1) is 58.1 Å². The smallest absolute Gasteiger partial charge is 0.328 e. The molecule has 1 saturated carbocycles. The fraction of sp³-hybridized carbons (Fsp3) is 0.487. The lowest BCUT2D eigenvalue weighted by atomic mass is 9.92. The molecular weight excluding hydrogens is 722 g/mol. The topological polar surface area (TPSA) is 174 Å². The lowest BCUT2D eigenvalue weighted by Gasteiger charge is -2.37. The molecule has 15 nitrogen and oxygen atoms in total. The van der Waals surface area contributed by atoms with Crippen LogP contribution in [0.25, 0.3) is 10.9 Å². The van der Waals surface area contributed by atoms with Crippen molar-refractivity contribution < 1.29 is 19.1 Å². The molecule has 16 heteroatoms. The number of nitriles is 1. The van der Waals surface area contributed by atoms with E-state index >= 15 is 0 Å². The van der Waals surface area contributed by atoms with Gasteiger partial charge in [0.2, 0.25) is 11.9 Å². The van der Waals surface area contributed by atoms with Gasteiger partial charge in [-0.2, -0.15) is 10.4 Å². The van der Waals surface area contributed by atoms with Crippen LogP contribution in [0.5, 0.6) is 5.75 Å². The highest BCUT2D eigenvalue weighted by Gasteiger charge is 2.30. The molecule has 3 aromatic heterocycles. The number of carbonyl (C=O) groups excluding carboxylic acids is 3. The molecule has 8 rings (SSSR count). The third-order valence-corrected chi connectivity index (χ3v) is 11.8. The predicted molar refractivity (Wildman–Crippen MR) is 205 cm³/mol. The number of anilines is 2. The van der Waals surface area contributed by atoms with Gasteiger partial charge >= 0.3 is 6.03 Å². The number of carbonyl (C=O) groups is 3. The molecule has 4 aromatic rings. The second-order valence-corrected chi connectivity index (χ2v) is 15.4. The molecule has 55 heavy (non-hydrogen) atoms. The predicted octanol–water partition coefficient (Wildman–Crippen LogP) is 4.87. The van der Waals surface area contributed by atoms with Gasteiger partial charge in [-0.25, -0.2) is 14.8 Å². The first-order valence-electron chi connectivity index (χ1n) is 19.2. The molecule has 0 atom stereocenters. The van der Waals surface area contributed by atoms with Crippen LogP contribution < -0.4 is 25.2 Å². The molecule has 1 aromatic carbocycles. The van der Waals surface area contributed by atoms with Gasteiger partial charge in [0, 0.05) is 75.6 Å². The summed E-state index contributed by atoms with van der Waals surface area (Å²) in [6.07, 6.45) is 16.2. The maximum Gasteiger partial charge on any atom is 0.328 e. The van der Waals surface area contributed by atoms with Crippen molar-refractivity contribution in [1.29, 1.82) is 5.26 Å². The van der Waals surface area contributed by atoms with E-state index in [9.17, 15) is 14.4 Å². The first-order chi connectivity index (χ1) is 26.8. The highest BCUT2D eigenvalue weighted by Crippen LogP contribution is 2.33. The largest absolute Gasteiger partial charge is 0.490 e. The summed E-state index contributed by atoms with van der Waals surface area (Å²) in [5, 5.41) is 20.6. The van der Waals surface area contributed by atoms with E-state index in [4.69, 9.17) is 26.7 Å². The number of benzene rings is 1. The van der Waals surface area contributed by atoms with Crippen LogP contribution in [0.2, 0.25) is 5.02 Å². The first kappa shape index (κ1) is 36.6. The minimum atomic E-state index is -0.422. The first-order valence-corrected chi connectivity index (χ1v) is 19.6. The number of imide groups is 1. The zero-order valence-electron chi connectivity index (χ0n) is 30.6. The van der Waals surface area contributed by atoms with Crippen molar-refractivity contribution in [2.45, 2.75) is 76.0 Å². The van der Waals surface area contributed by atoms with Gasteiger partial charge < -0.3 is 19.9 Å². The number of hydrogen-bond acceptors (Lipinski definition) is 11. The maximum absolute atomic E-state index is 13.0. The van der Waals surface area contributed by atoms with Crippen molar-refractivity contribution in [2.75, 3.05) is 49.1 Å². The molecule has 3 saturated heterocycles. The normalized spacial score (nSPS) is 21.7. The molecule has 0 radical (unpaired) electrons. The van der Waals surface area contributed by atoms with Gasteiger partial charge in [-0.3, -0.25) is 29.5 Å². The number of piperidine rings is 2. The summed E-state index contributed by atoms with van der Waals surface area (Å²) in [4.78, 5) is 57.1. The summed E-state index contributed by atoms with van der Waals surface area (Å²) in [5.41, 5.74) is 2.46. The Hall–Kier alpha value is -5.33. The van der Waals surface area contributed by atoms with Crippen molar-refractivity contribution in [3.63, 3.8) is 0 Å². The Labute approximate surface area is 324 Å². The fourth-order valence-corrected chi connectivity index (χ4v) is 8.53. The van der Waals surface area contributed by atoms with E-state index in [1.165, 1.54) is 0 Å². The molecule has 3 aliphatic heterocycles. The molecule has 2 N–H and O–H groups in total. The third-order valence-electron chi connectivity index (χ3n) is 11.4. The van der Waals surface area contributed by atoms with Crippen molar-refractivity contribution in [2.24, 2.45) is 5.92 Å². The number of ether oxygens (including phenoxy) is 1. The molecular formula is C39H44ClN11O4. The lowest BCUT2D eigenvalue weighted by molar-refractivity contribution is -0.120. The summed E-state index contributed by atoms with van der Waals surface area (Å²) in [6, 6.07) is 7.06. The Morgan fingerprint density at radius 1 is 0.945 bits per heavy atom. The Balaban J connectivity index is 0.760. The third kappa shape index (κ3) is 8.20. The van der Waals surface area contributed by atoms with Crippen LogP contribution in [0.3, 0.4) is 0 Å². The lowest BCUT2D eigenvalue weighted by Crippen LogP contribution is -2.49. The van der Waals surface area contributed by atoms with Crippen LogP contribution in [0.1, 0.15) is 79.8 Å². The van der Waals surface area contributed by atoms with Crippen LogP contribution in [0, 0.1) is 17.2 Å². The summed E-state index contributed by atoms with van der Waals surface area (Å²) in [7, 11) is 0. The Kier molecular flexibility index (Phi) is 10.8. The average Bonchev–Trinajstić information content (AvgIpc) is 3.64. The fourth-order valence-electron chi connectivity index (χ4n) is 8.32. The molecule has 4 amide bonds. The number of nitrogens with zero attached hydrogens (tertiary/aromatic N) is 9. The van der Waals surface area contributed by atoms with Crippen LogP contribution in [0.15, 0.2) is 49.2 Å². The van der Waals surface area contributed by atoms with E-state index < -0.39 is 6.03 Å². The number of amides is 4. The van der Waals surface area contributed by atoms with Crippen molar-refractivity contribution in [3.8, 4) is 11.8 Å². The molecule has 0 bridgehead atoms. The molecule has 1 aliphatic carbocycles. The van der Waals surface area contributed by atoms with Gasteiger partial charge in [0.15, 0.2) is 0 Å². The molecule has 4 fully saturated rings. The minimum Gasteiger partial charge on any atom is -0.490 e. The van der Waals surface area contributed by atoms with Crippen LogP contribution >= 0.6 is 11.6 Å². The van der Waals surface area contributed by atoms with Crippen LogP contribution in [-0.2, 0) is 4.79 Å². The monoisotopic (exact) mass is 765 g/mol. The molecule has 286 valence electrons. The average molecular weight is 766 g/mol. The van der Waals surface area contributed by atoms with Gasteiger partial charge in [0.25, 0.3) is 5.91 Å². The number of nitrogens with one attached hydrogen (secondary N) is 2. The van der Waals surface area contributed by atoms with E-state index in [2.05, 4.69) is 46.1 Å². The maximum atomic E-state index is 13.0. The highest BCUT2D eigenvalue weighted by molar-refractivity contribution is 6.31. The summed E-state index contributed by atoms with van der Waals surface area (Å²) in [5.74, 6) is 1.49. The van der Waals surface area contributed by atoms with Crippen molar-refractivity contribution in [1.82, 2.24) is 40.3 Å². The quantitative estimate of drug-likeness (QED) is 0.238.